The van der Waals surface area contributed by atoms with Crippen LogP contribution in [-0.2, 0) is 0 Å². The summed E-state index contributed by atoms with van der Waals surface area (Å²) in [6.07, 6.45) is 0.361. The van der Waals surface area contributed by atoms with Crippen LogP contribution in [0.3, 0.4) is 0 Å². The van der Waals surface area contributed by atoms with Crippen LogP contribution in [0.1, 0.15) is 13.8 Å². The minimum atomic E-state index is 0.361. The van der Waals surface area contributed by atoms with E-state index in [4.69, 9.17) is 0 Å². The van der Waals surface area contributed by atoms with Crippen LogP contribution < -0.4 is 5.32 Å². The van der Waals surface area contributed by atoms with Gasteiger partial charge >= 0.3 is 0 Å². The molecule has 40 valence electrons. The van der Waals surface area contributed by atoms with Crippen molar-refractivity contribution < 1.29 is 0 Å². The van der Waals surface area contributed by atoms with Crippen LogP contribution in [0.5, 0.6) is 0 Å². The monoisotopic (exact) mass is 98.1 g/mol. The van der Waals surface area contributed by atoms with Crippen LogP contribution in [0.4, 0.5) is 0 Å². The summed E-state index contributed by atoms with van der Waals surface area (Å²) in [7, 11) is 0. The van der Waals surface area contributed by atoms with Crippen molar-refractivity contribution in [3.63, 3.8) is 0 Å². The molecule has 0 fully saturated rings. The van der Waals surface area contributed by atoms with Crippen molar-refractivity contribution in [2.45, 2.75) is 20.0 Å². The molecule has 0 radical (unpaired) electrons. The van der Waals surface area contributed by atoms with Crippen molar-refractivity contribution in [1.82, 2.24) is 5.32 Å². The van der Waals surface area contributed by atoms with E-state index in [1.807, 2.05) is 6.92 Å². The summed E-state index contributed by atoms with van der Waals surface area (Å²) >= 11 is 0. The minimum absolute atomic E-state index is 0.361. The summed E-state index contributed by atoms with van der Waals surface area (Å²) in [6.45, 7) is 5.06. The Kier molecular flexibility index (Phi) is 1.11. The van der Waals surface area contributed by atoms with Crippen LogP contribution in [0.15, 0.2) is 4.99 Å². The largest absolute Gasteiger partial charge is 0.291 e. The van der Waals surface area contributed by atoms with Crippen LogP contribution in [-0.4, -0.2) is 18.4 Å². The summed E-state index contributed by atoms with van der Waals surface area (Å²) < 4.78 is 0. The third-order valence-corrected chi connectivity index (χ3v) is 1.07. The third-order valence-electron chi connectivity index (χ3n) is 1.07. The van der Waals surface area contributed by atoms with Gasteiger partial charge in [0.25, 0.3) is 0 Å². The standard InChI is InChI=1S/C5H10N2/c1-4-3-6-5(2)7-4/h5-6H,3H2,1-2H3. The molecule has 0 saturated heterocycles. The maximum absolute atomic E-state index is 4.19. The summed E-state index contributed by atoms with van der Waals surface area (Å²) in [4.78, 5) is 4.19. The van der Waals surface area contributed by atoms with E-state index in [9.17, 15) is 0 Å². The highest BCUT2D eigenvalue weighted by Crippen LogP contribution is 1.92. The molecule has 1 rings (SSSR count). The van der Waals surface area contributed by atoms with Gasteiger partial charge in [-0.25, -0.2) is 0 Å². The highest BCUT2D eigenvalue weighted by atomic mass is 15.1. The van der Waals surface area contributed by atoms with Crippen molar-refractivity contribution in [1.29, 1.82) is 0 Å². The number of nitrogens with one attached hydrogen (secondary N) is 1. The molecule has 0 aliphatic carbocycles. The van der Waals surface area contributed by atoms with Gasteiger partial charge in [-0.1, -0.05) is 0 Å². The van der Waals surface area contributed by atoms with Gasteiger partial charge in [-0.15, -0.1) is 0 Å². The second-order valence-electron chi connectivity index (χ2n) is 1.92. The van der Waals surface area contributed by atoms with Gasteiger partial charge < -0.3 is 0 Å². The lowest BCUT2D eigenvalue weighted by molar-refractivity contribution is 0.659. The Morgan fingerprint density at radius 2 is 2.57 bits per heavy atom. The molecule has 0 bridgehead atoms. The fourth-order valence-corrected chi connectivity index (χ4v) is 0.717. The molecule has 7 heavy (non-hydrogen) atoms. The Morgan fingerprint density at radius 1 is 1.86 bits per heavy atom. The summed E-state index contributed by atoms with van der Waals surface area (Å²) in [5.41, 5.74) is 1.22. The molecule has 0 amide bonds. The van der Waals surface area contributed by atoms with Gasteiger partial charge in [0.1, 0.15) is 0 Å². The van der Waals surface area contributed by atoms with Crippen molar-refractivity contribution >= 4 is 5.71 Å². The lowest BCUT2D eigenvalue weighted by Crippen LogP contribution is -2.18. The average Bonchev–Trinajstić information content (AvgIpc) is 1.87. The maximum Gasteiger partial charge on any atom is 0.0968 e. The molecule has 1 N–H and O–H groups in total. The number of aliphatic imine (C=N–C) groups is 1. The topological polar surface area (TPSA) is 24.4 Å². The molecular weight excluding hydrogens is 88.1 g/mol. The molecule has 0 aromatic carbocycles. The van der Waals surface area contributed by atoms with E-state index in [0.29, 0.717) is 6.17 Å². The Morgan fingerprint density at radius 3 is 2.71 bits per heavy atom. The Bertz CT molecular complexity index is 96.3. The maximum atomic E-state index is 4.19. The zero-order valence-electron chi connectivity index (χ0n) is 4.73. The van der Waals surface area contributed by atoms with E-state index >= 15 is 0 Å². The van der Waals surface area contributed by atoms with Gasteiger partial charge in [0.15, 0.2) is 0 Å². The molecule has 1 aliphatic heterocycles. The molecule has 1 unspecified atom stereocenters. The zero-order chi connectivity index (χ0) is 5.28. The van der Waals surface area contributed by atoms with E-state index in [1.54, 1.807) is 0 Å². The van der Waals surface area contributed by atoms with Gasteiger partial charge in [0.05, 0.1) is 6.17 Å². The molecule has 2 nitrogen and oxygen atoms in total. The van der Waals surface area contributed by atoms with Crippen molar-refractivity contribution in [2.75, 3.05) is 6.54 Å². The Balaban J connectivity index is 2.50. The lowest BCUT2D eigenvalue weighted by Gasteiger charge is -1.93. The Hall–Kier alpha value is -0.370. The first-order valence-corrected chi connectivity index (χ1v) is 2.55. The van der Waals surface area contributed by atoms with Crippen molar-refractivity contribution in [3.05, 3.63) is 0 Å². The normalized spacial score (nSPS) is 30.6. The number of hydrogen-bond donors (Lipinski definition) is 1. The molecule has 1 heterocycles. The van der Waals surface area contributed by atoms with Gasteiger partial charge in [-0.05, 0) is 13.8 Å². The number of hydrogen-bond acceptors (Lipinski definition) is 2. The Labute approximate surface area is 43.6 Å². The minimum Gasteiger partial charge on any atom is -0.291 e. The van der Waals surface area contributed by atoms with E-state index in [2.05, 4.69) is 17.2 Å². The van der Waals surface area contributed by atoms with E-state index in [-0.39, 0.29) is 0 Å². The van der Waals surface area contributed by atoms with Crippen LogP contribution >= 0.6 is 0 Å². The highest BCUT2D eigenvalue weighted by Gasteiger charge is 2.05. The fraction of sp³-hybridized carbons (Fsp3) is 0.800. The molecule has 0 aromatic rings. The predicted octanol–water partition coefficient (Wildman–Crippen LogP) is 0.397. The average molecular weight is 98.1 g/mol. The van der Waals surface area contributed by atoms with Crippen molar-refractivity contribution in [2.24, 2.45) is 4.99 Å². The smallest absolute Gasteiger partial charge is 0.0968 e. The van der Waals surface area contributed by atoms with Crippen molar-refractivity contribution in [3.8, 4) is 0 Å². The fourth-order valence-electron chi connectivity index (χ4n) is 0.717. The second-order valence-corrected chi connectivity index (χ2v) is 1.92. The van der Waals surface area contributed by atoms with Gasteiger partial charge in [-0.2, -0.15) is 0 Å². The number of nitrogens with zero attached hydrogens (tertiary/aromatic N) is 1. The SMILES string of the molecule is CC1=NC(C)NC1. The molecule has 1 atom stereocenters. The molecule has 0 aromatic heterocycles. The lowest BCUT2D eigenvalue weighted by atomic mass is 10.4. The molecule has 0 saturated carbocycles. The van der Waals surface area contributed by atoms with Gasteiger partial charge in [0, 0.05) is 12.3 Å². The molecular formula is C5H10N2. The first-order valence-electron chi connectivity index (χ1n) is 2.55. The third kappa shape index (κ3) is 0.996. The molecule has 2 heteroatoms. The second kappa shape index (κ2) is 1.62. The molecule has 0 spiro atoms. The van der Waals surface area contributed by atoms with Crippen LogP contribution in [0.2, 0.25) is 0 Å². The highest BCUT2D eigenvalue weighted by molar-refractivity contribution is 5.85. The predicted molar refractivity (Wildman–Crippen MR) is 30.6 cm³/mol. The zero-order valence-corrected chi connectivity index (χ0v) is 4.73. The quantitative estimate of drug-likeness (QED) is 0.466. The van der Waals surface area contributed by atoms with Gasteiger partial charge in [-0.3, -0.25) is 10.3 Å². The van der Waals surface area contributed by atoms with E-state index < -0.39 is 0 Å². The summed E-state index contributed by atoms with van der Waals surface area (Å²) in [5, 5.41) is 3.17. The number of rotatable bonds is 0. The first-order chi connectivity index (χ1) is 3.29. The summed E-state index contributed by atoms with van der Waals surface area (Å²) in [6, 6.07) is 0. The van der Waals surface area contributed by atoms with Crippen LogP contribution in [0.25, 0.3) is 0 Å². The van der Waals surface area contributed by atoms with E-state index in [0.717, 1.165) is 6.54 Å². The first kappa shape index (κ1) is 4.78. The van der Waals surface area contributed by atoms with E-state index in [1.165, 1.54) is 5.71 Å². The van der Waals surface area contributed by atoms with Crippen LogP contribution in [0, 0.1) is 0 Å². The summed E-state index contributed by atoms with van der Waals surface area (Å²) in [5.74, 6) is 0. The molecule has 1 aliphatic rings. The van der Waals surface area contributed by atoms with Gasteiger partial charge in [0.2, 0.25) is 0 Å².